The molecule has 2 aromatic rings. The molecule has 88 valence electrons. The first kappa shape index (κ1) is 11.4. The molecule has 17 heavy (non-hydrogen) atoms. The third-order valence-corrected chi connectivity index (χ3v) is 2.18. The number of anilines is 2. The van der Waals surface area contributed by atoms with Crippen LogP contribution in [-0.2, 0) is 0 Å². The van der Waals surface area contributed by atoms with Gasteiger partial charge in [-0.05, 0) is 18.2 Å². The van der Waals surface area contributed by atoms with Crippen molar-refractivity contribution in [2.24, 2.45) is 0 Å². The Labute approximate surface area is 101 Å². The number of nitrogens with one attached hydrogen (secondary N) is 2. The smallest absolute Gasteiger partial charge is 0.273 e. The monoisotopic (exact) mass is 254 g/mol. The van der Waals surface area contributed by atoms with Crippen molar-refractivity contribution in [3.8, 4) is 0 Å². The number of benzene rings is 1. The van der Waals surface area contributed by atoms with Gasteiger partial charge in [-0.25, -0.2) is 4.39 Å². The molecular weight excluding hydrogens is 247 g/mol. The lowest BCUT2D eigenvalue weighted by Crippen LogP contribution is -2.12. The van der Waals surface area contributed by atoms with Gasteiger partial charge >= 0.3 is 0 Å². The molecule has 2 rings (SSSR count). The molecular formula is C10H8ClFN4O. The van der Waals surface area contributed by atoms with Gasteiger partial charge in [0.15, 0.2) is 0 Å². The van der Waals surface area contributed by atoms with E-state index >= 15 is 0 Å². The SMILES string of the molecule is Nc1cc(C(=O)Nc2cc(F)cc(Cl)c2)[nH]n1. The molecule has 0 aliphatic rings. The normalized spacial score (nSPS) is 10.2. The third kappa shape index (κ3) is 2.73. The molecule has 0 aliphatic carbocycles. The van der Waals surface area contributed by atoms with Gasteiger partial charge in [0.25, 0.3) is 5.91 Å². The average Bonchev–Trinajstić information content (AvgIpc) is 2.63. The number of aromatic nitrogens is 2. The van der Waals surface area contributed by atoms with E-state index in [0.29, 0.717) is 0 Å². The van der Waals surface area contributed by atoms with Crippen molar-refractivity contribution >= 4 is 29.0 Å². The van der Waals surface area contributed by atoms with Crippen molar-refractivity contribution in [1.29, 1.82) is 0 Å². The maximum atomic E-state index is 13.0. The summed E-state index contributed by atoms with van der Waals surface area (Å²) >= 11 is 5.65. The van der Waals surface area contributed by atoms with Crippen molar-refractivity contribution in [1.82, 2.24) is 10.2 Å². The number of H-pyrrole nitrogens is 1. The molecule has 7 heteroatoms. The lowest BCUT2D eigenvalue weighted by Gasteiger charge is -2.04. The van der Waals surface area contributed by atoms with Crippen LogP contribution in [0.4, 0.5) is 15.9 Å². The summed E-state index contributed by atoms with van der Waals surface area (Å²) < 4.78 is 13.0. The van der Waals surface area contributed by atoms with Crippen LogP contribution in [0.25, 0.3) is 0 Å². The molecule has 1 aromatic carbocycles. The molecule has 1 heterocycles. The van der Waals surface area contributed by atoms with Crippen molar-refractivity contribution in [3.63, 3.8) is 0 Å². The molecule has 0 aliphatic heterocycles. The predicted octanol–water partition coefficient (Wildman–Crippen LogP) is 2.04. The molecule has 0 saturated heterocycles. The van der Waals surface area contributed by atoms with Crippen LogP contribution in [0.2, 0.25) is 5.02 Å². The van der Waals surface area contributed by atoms with E-state index in [1.165, 1.54) is 12.1 Å². The minimum atomic E-state index is -0.531. The number of rotatable bonds is 2. The Balaban J connectivity index is 2.18. The topological polar surface area (TPSA) is 83.8 Å². The van der Waals surface area contributed by atoms with E-state index in [1.54, 1.807) is 0 Å². The molecule has 0 unspecified atom stereocenters. The van der Waals surface area contributed by atoms with E-state index in [0.717, 1.165) is 12.1 Å². The first-order valence-electron chi connectivity index (χ1n) is 4.63. The van der Waals surface area contributed by atoms with Crippen LogP contribution in [0, 0.1) is 5.82 Å². The van der Waals surface area contributed by atoms with E-state index in [2.05, 4.69) is 15.5 Å². The van der Waals surface area contributed by atoms with Crippen LogP contribution >= 0.6 is 11.6 Å². The van der Waals surface area contributed by atoms with E-state index < -0.39 is 11.7 Å². The van der Waals surface area contributed by atoms with Gasteiger partial charge < -0.3 is 11.1 Å². The second kappa shape index (κ2) is 4.42. The number of nitrogen functional groups attached to an aromatic ring is 1. The van der Waals surface area contributed by atoms with Crippen LogP contribution < -0.4 is 11.1 Å². The van der Waals surface area contributed by atoms with E-state index in [9.17, 15) is 9.18 Å². The summed E-state index contributed by atoms with van der Waals surface area (Å²) in [6, 6.07) is 5.10. The summed E-state index contributed by atoms with van der Waals surface area (Å²) in [4.78, 5) is 11.6. The predicted molar refractivity (Wildman–Crippen MR) is 62.4 cm³/mol. The molecule has 0 bridgehead atoms. The number of nitrogens with zero attached hydrogens (tertiary/aromatic N) is 1. The van der Waals surface area contributed by atoms with E-state index in [1.807, 2.05) is 0 Å². The number of carbonyl (C=O) groups is 1. The first-order valence-corrected chi connectivity index (χ1v) is 5.01. The maximum Gasteiger partial charge on any atom is 0.273 e. The summed E-state index contributed by atoms with van der Waals surface area (Å²) in [5.41, 5.74) is 5.80. The zero-order chi connectivity index (χ0) is 12.4. The number of amides is 1. The second-order valence-electron chi connectivity index (χ2n) is 3.32. The van der Waals surface area contributed by atoms with Crippen LogP contribution in [0.5, 0.6) is 0 Å². The summed E-state index contributed by atoms with van der Waals surface area (Å²) in [5, 5.41) is 8.71. The zero-order valence-electron chi connectivity index (χ0n) is 8.50. The molecule has 0 fully saturated rings. The van der Waals surface area contributed by atoms with Gasteiger partial charge in [-0.1, -0.05) is 11.6 Å². The highest BCUT2D eigenvalue weighted by molar-refractivity contribution is 6.31. The highest BCUT2D eigenvalue weighted by atomic mass is 35.5. The highest BCUT2D eigenvalue weighted by Crippen LogP contribution is 2.18. The Morgan fingerprint density at radius 2 is 2.18 bits per heavy atom. The minimum absolute atomic E-state index is 0.183. The van der Waals surface area contributed by atoms with Crippen molar-refractivity contribution < 1.29 is 9.18 Å². The van der Waals surface area contributed by atoms with Crippen LogP contribution in [0.3, 0.4) is 0 Å². The van der Waals surface area contributed by atoms with Crippen molar-refractivity contribution in [2.75, 3.05) is 11.1 Å². The summed E-state index contributed by atoms with van der Waals surface area (Å²) in [6.45, 7) is 0. The van der Waals surface area contributed by atoms with E-state index in [4.69, 9.17) is 17.3 Å². The first-order chi connectivity index (χ1) is 8.04. The number of carbonyl (C=O) groups excluding carboxylic acids is 1. The average molecular weight is 255 g/mol. The molecule has 0 saturated carbocycles. The third-order valence-electron chi connectivity index (χ3n) is 1.96. The number of nitrogens with two attached hydrogens (primary N) is 1. The Bertz CT molecular complexity index is 549. The van der Waals surface area contributed by atoms with Crippen LogP contribution in [0.15, 0.2) is 24.3 Å². The molecule has 1 aromatic heterocycles. The van der Waals surface area contributed by atoms with Crippen LogP contribution in [0.1, 0.15) is 10.5 Å². The van der Waals surface area contributed by atoms with Crippen molar-refractivity contribution in [2.45, 2.75) is 0 Å². The second-order valence-corrected chi connectivity index (χ2v) is 3.76. The standard InChI is InChI=1S/C10H8ClFN4O/c11-5-1-6(12)3-7(2-5)14-10(17)8-4-9(13)16-15-8/h1-4H,(H,14,17)(H3,13,15,16). The Hall–Kier alpha value is -2.08. The molecule has 0 radical (unpaired) electrons. The minimum Gasteiger partial charge on any atom is -0.382 e. The fraction of sp³-hybridized carbons (Fsp3) is 0. The molecule has 0 spiro atoms. The molecule has 0 atom stereocenters. The van der Waals surface area contributed by atoms with Gasteiger partial charge in [-0.3, -0.25) is 9.89 Å². The van der Waals surface area contributed by atoms with Gasteiger partial charge in [0.1, 0.15) is 17.3 Å². The summed E-state index contributed by atoms with van der Waals surface area (Å²) in [7, 11) is 0. The van der Waals surface area contributed by atoms with Crippen molar-refractivity contribution in [3.05, 3.63) is 40.8 Å². The van der Waals surface area contributed by atoms with Gasteiger partial charge in [-0.15, -0.1) is 0 Å². The van der Waals surface area contributed by atoms with Gasteiger partial charge in [0.05, 0.1) is 0 Å². The maximum absolute atomic E-state index is 13.0. The quantitative estimate of drug-likeness (QED) is 0.767. The van der Waals surface area contributed by atoms with E-state index in [-0.39, 0.29) is 22.2 Å². The fourth-order valence-electron chi connectivity index (χ4n) is 1.28. The summed E-state index contributed by atoms with van der Waals surface area (Å²) in [5.74, 6) is -0.805. The number of halogens is 2. The number of aromatic amines is 1. The molecule has 1 amide bonds. The largest absolute Gasteiger partial charge is 0.382 e. The summed E-state index contributed by atoms with van der Waals surface area (Å²) in [6.07, 6.45) is 0. The highest BCUT2D eigenvalue weighted by Gasteiger charge is 2.09. The molecule has 4 N–H and O–H groups in total. The zero-order valence-corrected chi connectivity index (χ0v) is 9.25. The van der Waals surface area contributed by atoms with Crippen LogP contribution in [-0.4, -0.2) is 16.1 Å². The Kier molecular flexibility index (Phi) is 2.97. The Morgan fingerprint density at radius 1 is 1.41 bits per heavy atom. The fourth-order valence-corrected chi connectivity index (χ4v) is 1.50. The molecule has 5 nitrogen and oxygen atoms in total. The number of hydrogen-bond acceptors (Lipinski definition) is 3. The lowest BCUT2D eigenvalue weighted by molar-refractivity contribution is 0.102. The Morgan fingerprint density at radius 3 is 2.76 bits per heavy atom. The van der Waals surface area contributed by atoms with Gasteiger partial charge in [0.2, 0.25) is 0 Å². The van der Waals surface area contributed by atoms with Gasteiger partial charge in [-0.2, -0.15) is 5.10 Å². The van der Waals surface area contributed by atoms with Gasteiger partial charge in [0, 0.05) is 16.8 Å². The lowest BCUT2D eigenvalue weighted by atomic mass is 10.3. The number of hydrogen-bond donors (Lipinski definition) is 3.